The molecule has 1 aromatic carbocycles. The van der Waals surface area contributed by atoms with Gasteiger partial charge in [-0.15, -0.1) is 0 Å². The highest BCUT2D eigenvalue weighted by Crippen LogP contribution is 2.33. The highest BCUT2D eigenvalue weighted by atomic mass is 35.5. The number of methoxy groups -OCH3 is 1. The number of aromatic hydroxyl groups is 1. The highest BCUT2D eigenvalue weighted by molar-refractivity contribution is 6.30. The normalized spacial score (nSPS) is 10.5. The van der Waals surface area contributed by atoms with E-state index < -0.39 is 0 Å². The van der Waals surface area contributed by atoms with Gasteiger partial charge < -0.3 is 20.9 Å². The first kappa shape index (κ1) is 14.1. The van der Waals surface area contributed by atoms with Crippen molar-refractivity contribution >= 4 is 11.6 Å². The van der Waals surface area contributed by atoms with Crippen molar-refractivity contribution in [2.75, 3.05) is 20.2 Å². The molecule has 1 rings (SSSR count). The molecule has 0 aliphatic rings. The van der Waals surface area contributed by atoms with E-state index in [9.17, 15) is 5.11 Å². The molecule has 0 saturated heterocycles. The van der Waals surface area contributed by atoms with Crippen LogP contribution in [0.15, 0.2) is 12.1 Å². The molecule has 17 heavy (non-hydrogen) atoms. The number of phenols is 1. The molecule has 0 aliphatic carbocycles. The van der Waals surface area contributed by atoms with Gasteiger partial charge in [-0.05, 0) is 32.0 Å². The Morgan fingerprint density at radius 2 is 2.18 bits per heavy atom. The number of nitrogens with two attached hydrogens (primary N) is 1. The maximum absolute atomic E-state index is 9.87. The number of phenolic OH excluding ortho intramolecular Hbond substituents is 1. The number of rotatable bonds is 7. The third-order valence-electron chi connectivity index (χ3n) is 2.46. The van der Waals surface area contributed by atoms with Crippen molar-refractivity contribution in [3.63, 3.8) is 0 Å². The summed E-state index contributed by atoms with van der Waals surface area (Å²) in [5.41, 5.74) is 6.14. The maximum atomic E-state index is 9.87. The van der Waals surface area contributed by atoms with Gasteiger partial charge in [0.05, 0.1) is 7.11 Å². The van der Waals surface area contributed by atoms with Crippen molar-refractivity contribution in [1.82, 2.24) is 5.32 Å². The van der Waals surface area contributed by atoms with Gasteiger partial charge in [0.15, 0.2) is 11.5 Å². The van der Waals surface area contributed by atoms with Gasteiger partial charge in [0.25, 0.3) is 0 Å². The SMILES string of the molecule is COc1cc(Cl)cc(CNCCCCN)c1O. The van der Waals surface area contributed by atoms with Crippen LogP contribution in [-0.4, -0.2) is 25.3 Å². The summed E-state index contributed by atoms with van der Waals surface area (Å²) in [5.74, 6) is 0.541. The van der Waals surface area contributed by atoms with Gasteiger partial charge in [0, 0.05) is 23.2 Å². The molecular weight excluding hydrogens is 240 g/mol. The second kappa shape index (κ2) is 7.37. The molecular formula is C12H19ClN2O2. The van der Waals surface area contributed by atoms with Crippen LogP contribution in [0.2, 0.25) is 5.02 Å². The Labute approximate surface area is 107 Å². The molecule has 96 valence electrons. The van der Waals surface area contributed by atoms with Gasteiger partial charge in [-0.3, -0.25) is 0 Å². The molecule has 1 aromatic rings. The molecule has 0 atom stereocenters. The number of nitrogens with one attached hydrogen (secondary N) is 1. The summed E-state index contributed by atoms with van der Waals surface area (Å²) >= 11 is 5.93. The third kappa shape index (κ3) is 4.42. The second-order valence-electron chi connectivity index (χ2n) is 3.79. The van der Waals surface area contributed by atoms with Gasteiger partial charge >= 0.3 is 0 Å². The summed E-state index contributed by atoms with van der Waals surface area (Å²) in [6.07, 6.45) is 2.02. The fraction of sp³-hybridized carbons (Fsp3) is 0.500. The van der Waals surface area contributed by atoms with Gasteiger partial charge in [0.2, 0.25) is 0 Å². The zero-order chi connectivity index (χ0) is 12.7. The summed E-state index contributed by atoms with van der Waals surface area (Å²) in [7, 11) is 1.50. The smallest absolute Gasteiger partial charge is 0.162 e. The zero-order valence-electron chi connectivity index (χ0n) is 10.0. The van der Waals surface area contributed by atoms with Gasteiger partial charge in [-0.2, -0.15) is 0 Å². The predicted octanol–water partition coefficient (Wildman–Crippen LogP) is 1.88. The van der Waals surface area contributed by atoms with E-state index >= 15 is 0 Å². The molecule has 4 nitrogen and oxygen atoms in total. The lowest BCUT2D eigenvalue weighted by atomic mass is 10.2. The average Bonchev–Trinajstić information content (AvgIpc) is 2.32. The summed E-state index contributed by atoms with van der Waals surface area (Å²) in [4.78, 5) is 0. The van der Waals surface area contributed by atoms with Crippen molar-refractivity contribution in [3.8, 4) is 11.5 Å². The molecule has 0 fully saturated rings. The number of hydrogen-bond donors (Lipinski definition) is 3. The van der Waals surface area contributed by atoms with Crippen LogP contribution in [0.25, 0.3) is 0 Å². The summed E-state index contributed by atoms with van der Waals surface area (Å²) in [6.45, 7) is 2.14. The molecule has 0 unspecified atom stereocenters. The Morgan fingerprint density at radius 1 is 1.41 bits per heavy atom. The lowest BCUT2D eigenvalue weighted by Gasteiger charge is -2.10. The zero-order valence-corrected chi connectivity index (χ0v) is 10.8. The Hall–Kier alpha value is -0.970. The number of unbranched alkanes of at least 4 members (excludes halogenated alkanes) is 1. The van der Waals surface area contributed by atoms with Crippen molar-refractivity contribution in [2.24, 2.45) is 5.73 Å². The fourth-order valence-corrected chi connectivity index (χ4v) is 1.77. The number of ether oxygens (including phenoxy) is 1. The van der Waals surface area contributed by atoms with E-state index in [1.165, 1.54) is 7.11 Å². The van der Waals surface area contributed by atoms with E-state index in [1.807, 2.05) is 0 Å². The number of halogens is 1. The van der Waals surface area contributed by atoms with E-state index in [2.05, 4.69) is 5.32 Å². The number of hydrogen-bond acceptors (Lipinski definition) is 4. The van der Waals surface area contributed by atoms with Crippen LogP contribution < -0.4 is 15.8 Å². The van der Waals surface area contributed by atoms with Crippen LogP contribution in [0.3, 0.4) is 0 Å². The van der Waals surface area contributed by atoms with E-state index in [0.717, 1.165) is 24.9 Å². The Bertz CT molecular complexity index is 359. The van der Waals surface area contributed by atoms with Crippen LogP contribution in [0.4, 0.5) is 0 Å². The summed E-state index contributed by atoms with van der Waals surface area (Å²) in [5, 5.41) is 13.7. The first-order chi connectivity index (χ1) is 8.19. The molecule has 5 heteroatoms. The van der Waals surface area contributed by atoms with Crippen molar-refractivity contribution in [1.29, 1.82) is 0 Å². The lowest BCUT2D eigenvalue weighted by Crippen LogP contribution is -2.16. The Morgan fingerprint density at radius 3 is 2.82 bits per heavy atom. The van der Waals surface area contributed by atoms with E-state index in [-0.39, 0.29) is 5.75 Å². The van der Waals surface area contributed by atoms with Gasteiger partial charge in [0.1, 0.15) is 0 Å². The molecule has 0 aromatic heterocycles. The Kier molecular flexibility index (Phi) is 6.11. The predicted molar refractivity (Wildman–Crippen MR) is 69.7 cm³/mol. The molecule has 0 heterocycles. The maximum Gasteiger partial charge on any atom is 0.162 e. The van der Waals surface area contributed by atoms with Crippen molar-refractivity contribution in [2.45, 2.75) is 19.4 Å². The number of benzene rings is 1. The van der Waals surface area contributed by atoms with Crippen LogP contribution >= 0.6 is 11.6 Å². The molecule has 0 amide bonds. The quantitative estimate of drug-likeness (QED) is 0.654. The minimum atomic E-state index is 0.142. The highest BCUT2D eigenvalue weighted by Gasteiger charge is 2.09. The lowest BCUT2D eigenvalue weighted by molar-refractivity contribution is 0.369. The molecule has 0 radical (unpaired) electrons. The van der Waals surface area contributed by atoms with Crippen LogP contribution in [0.5, 0.6) is 11.5 Å². The van der Waals surface area contributed by atoms with Gasteiger partial charge in [-0.25, -0.2) is 0 Å². The summed E-state index contributed by atoms with van der Waals surface area (Å²) in [6, 6.07) is 3.32. The molecule has 0 saturated carbocycles. The van der Waals surface area contributed by atoms with Crippen LogP contribution in [0, 0.1) is 0 Å². The standard InChI is InChI=1S/C12H19ClN2O2/c1-17-11-7-10(13)6-9(12(11)16)8-15-5-3-2-4-14/h6-7,15-16H,2-5,8,14H2,1H3. The minimum absolute atomic E-state index is 0.142. The first-order valence-corrected chi connectivity index (χ1v) is 6.03. The van der Waals surface area contributed by atoms with Crippen LogP contribution in [-0.2, 0) is 6.54 Å². The van der Waals surface area contributed by atoms with E-state index in [1.54, 1.807) is 12.1 Å². The third-order valence-corrected chi connectivity index (χ3v) is 2.68. The monoisotopic (exact) mass is 258 g/mol. The fourth-order valence-electron chi connectivity index (χ4n) is 1.54. The summed E-state index contributed by atoms with van der Waals surface area (Å²) < 4.78 is 5.03. The van der Waals surface area contributed by atoms with Crippen molar-refractivity contribution < 1.29 is 9.84 Å². The average molecular weight is 259 g/mol. The Balaban J connectivity index is 2.55. The molecule has 4 N–H and O–H groups in total. The van der Waals surface area contributed by atoms with Crippen LogP contribution in [0.1, 0.15) is 18.4 Å². The second-order valence-corrected chi connectivity index (χ2v) is 4.22. The van der Waals surface area contributed by atoms with Gasteiger partial charge in [-0.1, -0.05) is 11.6 Å². The largest absolute Gasteiger partial charge is 0.504 e. The van der Waals surface area contributed by atoms with Crippen molar-refractivity contribution in [3.05, 3.63) is 22.7 Å². The molecule has 0 aliphatic heterocycles. The molecule has 0 bridgehead atoms. The molecule has 0 spiro atoms. The first-order valence-electron chi connectivity index (χ1n) is 5.65. The topological polar surface area (TPSA) is 67.5 Å². The van der Waals surface area contributed by atoms with E-state index in [0.29, 0.717) is 23.9 Å². The minimum Gasteiger partial charge on any atom is -0.504 e. The van der Waals surface area contributed by atoms with E-state index in [4.69, 9.17) is 22.1 Å².